The number of methoxy groups -OCH3 is 1. The van der Waals surface area contributed by atoms with Crippen molar-refractivity contribution in [3.8, 4) is 5.75 Å². The maximum atomic E-state index is 12.7. The number of hydrogen-bond donors (Lipinski definition) is 2. The van der Waals surface area contributed by atoms with Crippen LogP contribution in [0.25, 0.3) is 10.9 Å². The average Bonchev–Trinajstić information content (AvgIpc) is 3.09. The maximum absolute atomic E-state index is 12.7. The number of ether oxygens (including phenoxy) is 1. The van der Waals surface area contributed by atoms with E-state index >= 15 is 0 Å². The Balaban J connectivity index is 1.68. The zero-order valence-corrected chi connectivity index (χ0v) is 20.0. The molecule has 0 atom stereocenters. The summed E-state index contributed by atoms with van der Waals surface area (Å²) in [6.07, 6.45) is 3.45. The Bertz CT molecular complexity index is 1320. The highest BCUT2D eigenvalue weighted by Crippen LogP contribution is 2.39. The maximum Gasteiger partial charge on any atom is 0.229 e. The number of para-hydroxylation sites is 1. The molecule has 8 nitrogen and oxygen atoms in total. The van der Waals surface area contributed by atoms with Gasteiger partial charge in [-0.15, -0.1) is 0 Å². The molecule has 10 heteroatoms. The molecular formula is C21H22BrN6O2P. The van der Waals surface area contributed by atoms with Gasteiger partial charge in [0, 0.05) is 30.0 Å². The number of halogens is 1. The van der Waals surface area contributed by atoms with Gasteiger partial charge in [-0.3, -0.25) is 4.68 Å². The van der Waals surface area contributed by atoms with Crippen LogP contribution < -0.4 is 20.7 Å². The monoisotopic (exact) mass is 500 g/mol. The first-order chi connectivity index (χ1) is 14.8. The number of anilines is 4. The van der Waals surface area contributed by atoms with E-state index in [9.17, 15) is 4.57 Å². The molecule has 0 aliphatic rings. The minimum absolute atomic E-state index is 0.390. The van der Waals surface area contributed by atoms with E-state index in [0.29, 0.717) is 22.0 Å². The molecule has 0 spiro atoms. The second-order valence-electron chi connectivity index (χ2n) is 7.39. The largest absolute Gasteiger partial charge is 0.494 e. The molecule has 0 aliphatic carbocycles. The summed E-state index contributed by atoms with van der Waals surface area (Å²) in [5.74, 6) is 1.60. The first kappa shape index (κ1) is 21.3. The van der Waals surface area contributed by atoms with Gasteiger partial charge in [-0.05, 0) is 47.5 Å². The van der Waals surface area contributed by atoms with Crippen molar-refractivity contribution in [2.75, 3.05) is 31.1 Å². The predicted molar refractivity (Wildman–Crippen MR) is 129 cm³/mol. The van der Waals surface area contributed by atoms with E-state index in [1.54, 1.807) is 37.5 Å². The van der Waals surface area contributed by atoms with Gasteiger partial charge in [-0.25, -0.2) is 4.98 Å². The lowest BCUT2D eigenvalue weighted by Crippen LogP contribution is -2.11. The van der Waals surface area contributed by atoms with Crippen molar-refractivity contribution < 1.29 is 9.30 Å². The summed E-state index contributed by atoms with van der Waals surface area (Å²) in [6.45, 7) is 3.49. The Morgan fingerprint density at radius 2 is 1.87 bits per heavy atom. The van der Waals surface area contributed by atoms with Crippen LogP contribution in [-0.4, -0.2) is 40.2 Å². The van der Waals surface area contributed by atoms with Gasteiger partial charge < -0.3 is 19.9 Å². The standard InChI is InChI=1S/C21H22BrN6O2P/c1-28-17-10-18(30-2)16(9-13(17)11-24-28)26-21-23-12-14(22)20(27-21)25-15-7-5-6-8-19(15)31(3,4)29/h5-12H,1-4H3,(H2,23,25,26,27). The second kappa shape index (κ2) is 8.32. The minimum atomic E-state index is -2.47. The SMILES string of the molecule is COc1cc2c(cnn2C)cc1Nc1ncc(Br)c(Nc2ccccc2P(C)(C)=O)n1. The first-order valence-corrected chi connectivity index (χ1v) is 12.9. The van der Waals surface area contributed by atoms with E-state index in [4.69, 9.17) is 4.74 Å². The number of aromatic nitrogens is 4. The highest BCUT2D eigenvalue weighted by Gasteiger charge is 2.17. The Morgan fingerprint density at radius 1 is 1.10 bits per heavy atom. The number of hydrogen-bond acceptors (Lipinski definition) is 7. The molecule has 2 aromatic heterocycles. The van der Waals surface area contributed by atoms with Gasteiger partial charge in [-0.2, -0.15) is 10.1 Å². The Hall–Kier alpha value is -2.90. The fraction of sp³-hybridized carbons (Fsp3) is 0.190. The molecule has 2 heterocycles. The van der Waals surface area contributed by atoms with Gasteiger partial charge in [0.15, 0.2) is 0 Å². The van der Waals surface area contributed by atoms with E-state index in [2.05, 4.69) is 41.6 Å². The highest BCUT2D eigenvalue weighted by molar-refractivity contribution is 9.10. The summed E-state index contributed by atoms with van der Waals surface area (Å²) in [7, 11) is 1.03. The Labute approximate surface area is 188 Å². The molecule has 0 amide bonds. The lowest BCUT2D eigenvalue weighted by Gasteiger charge is -2.16. The van der Waals surface area contributed by atoms with E-state index < -0.39 is 7.14 Å². The summed E-state index contributed by atoms with van der Waals surface area (Å²) in [5, 5.41) is 12.5. The van der Waals surface area contributed by atoms with Crippen LogP contribution in [0.2, 0.25) is 0 Å². The molecule has 0 fully saturated rings. The number of nitrogens with zero attached hydrogens (tertiary/aromatic N) is 4. The van der Waals surface area contributed by atoms with Crippen molar-refractivity contribution in [3.63, 3.8) is 0 Å². The van der Waals surface area contributed by atoms with Crippen LogP contribution in [0.4, 0.5) is 23.1 Å². The van der Waals surface area contributed by atoms with Crippen LogP contribution in [0, 0.1) is 0 Å². The molecule has 0 unspecified atom stereocenters. The lowest BCUT2D eigenvalue weighted by molar-refractivity contribution is 0.417. The summed E-state index contributed by atoms with van der Waals surface area (Å²) in [4.78, 5) is 8.97. The predicted octanol–water partition coefficient (Wildman–Crippen LogP) is 4.87. The third-order valence-electron chi connectivity index (χ3n) is 4.80. The number of benzene rings is 2. The van der Waals surface area contributed by atoms with Crippen molar-refractivity contribution in [1.82, 2.24) is 19.7 Å². The number of aryl methyl sites for hydroxylation is 1. The fourth-order valence-electron chi connectivity index (χ4n) is 3.26. The van der Waals surface area contributed by atoms with Gasteiger partial charge in [0.05, 0.1) is 34.7 Å². The van der Waals surface area contributed by atoms with Gasteiger partial charge >= 0.3 is 0 Å². The first-order valence-electron chi connectivity index (χ1n) is 9.47. The van der Waals surface area contributed by atoms with Crippen molar-refractivity contribution in [2.45, 2.75) is 0 Å². The molecule has 0 bridgehead atoms. The molecular weight excluding hydrogens is 479 g/mol. The average molecular weight is 501 g/mol. The van der Waals surface area contributed by atoms with Crippen LogP contribution in [-0.2, 0) is 11.6 Å². The van der Waals surface area contributed by atoms with Crippen LogP contribution in [0.3, 0.4) is 0 Å². The minimum Gasteiger partial charge on any atom is -0.494 e. The zero-order valence-electron chi connectivity index (χ0n) is 17.5. The van der Waals surface area contributed by atoms with E-state index in [0.717, 1.165) is 27.6 Å². The van der Waals surface area contributed by atoms with Gasteiger partial charge in [0.25, 0.3) is 0 Å². The third kappa shape index (κ3) is 4.43. The molecule has 2 aromatic carbocycles. The van der Waals surface area contributed by atoms with E-state index in [1.165, 1.54) is 0 Å². The van der Waals surface area contributed by atoms with Crippen LogP contribution >= 0.6 is 23.1 Å². The summed E-state index contributed by atoms with van der Waals surface area (Å²) < 4.78 is 20.7. The van der Waals surface area contributed by atoms with Crippen LogP contribution in [0.15, 0.2) is 53.3 Å². The van der Waals surface area contributed by atoms with Crippen molar-refractivity contribution >= 4 is 62.4 Å². The molecule has 0 radical (unpaired) electrons. The van der Waals surface area contributed by atoms with Crippen molar-refractivity contribution in [2.24, 2.45) is 7.05 Å². The summed E-state index contributed by atoms with van der Waals surface area (Å²) in [5.41, 5.74) is 2.43. The van der Waals surface area contributed by atoms with E-state index in [-0.39, 0.29) is 0 Å². The Morgan fingerprint density at radius 3 is 2.61 bits per heavy atom. The van der Waals surface area contributed by atoms with Gasteiger partial charge in [0.2, 0.25) is 5.95 Å². The topological polar surface area (TPSA) is 94.0 Å². The Kier molecular flexibility index (Phi) is 5.73. The lowest BCUT2D eigenvalue weighted by atomic mass is 10.2. The van der Waals surface area contributed by atoms with Crippen molar-refractivity contribution in [3.05, 3.63) is 53.3 Å². The third-order valence-corrected chi connectivity index (χ3v) is 6.93. The molecule has 0 saturated heterocycles. The van der Waals surface area contributed by atoms with Crippen LogP contribution in [0.5, 0.6) is 5.75 Å². The second-order valence-corrected chi connectivity index (χ2v) is 11.4. The molecule has 2 N–H and O–H groups in total. The van der Waals surface area contributed by atoms with Crippen molar-refractivity contribution in [1.29, 1.82) is 0 Å². The molecule has 31 heavy (non-hydrogen) atoms. The fourth-order valence-corrected chi connectivity index (χ4v) is 4.70. The summed E-state index contributed by atoms with van der Waals surface area (Å²) in [6, 6.07) is 11.4. The van der Waals surface area contributed by atoms with E-state index in [1.807, 2.05) is 43.4 Å². The van der Waals surface area contributed by atoms with Crippen LogP contribution in [0.1, 0.15) is 0 Å². The normalized spacial score (nSPS) is 11.5. The quantitative estimate of drug-likeness (QED) is 0.364. The smallest absolute Gasteiger partial charge is 0.229 e. The molecule has 0 saturated carbocycles. The number of fused-ring (bicyclic) bond motifs is 1. The molecule has 160 valence electrons. The molecule has 4 aromatic rings. The molecule has 4 rings (SSSR count). The molecule has 0 aliphatic heterocycles. The van der Waals surface area contributed by atoms with Gasteiger partial charge in [-0.1, -0.05) is 12.1 Å². The van der Waals surface area contributed by atoms with Gasteiger partial charge in [0.1, 0.15) is 18.7 Å². The number of nitrogens with one attached hydrogen (secondary N) is 2. The number of rotatable bonds is 6. The summed E-state index contributed by atoms with van der Waals surface area (Å²) >= 11 is 3.49. The highest BCUT2D eigenvalue weighted by atomic mass is 79.9. The zero-order chi connectivity index (χ0) is 22.2.